The van der Waals surface area contributed by atoms with E-state index in [1.807, 2.05) is 0 Å². The van der Waals surface area contributed by atoms with Crippen molar-refractivity contribution in [3.63, 3.8) is 0 Å². The van der Waals surface area contributed by atoms with Crippen LogP contribution in [0.15, 0.2) is 6.20 Å². The largest absolute Gasteiger partial charge is 0.362 e. The second-order valence-electron chi connectivity index (χ2n) is 7.94. The van der Waals surface area contributed by atoms with Crippen LogP contribution in [0.5, 0.6) is 0 Å². The molecule has 6 heteroatoms. The van der Waals surface area contributed by atoms with Crippen LogP contribution in [0.25, 0.3) is 0 Å². The minimum absolute atomic E-state index is 0.0660. The van der Waals surface area contributed by atoms with Crippen molar-refractivity contribution in [3.05, 3.63) is 17.3 Å². The summed E-state index contributed by atoms with van der Waals surface area (Å²) in [6.07, 6.45) is 5.42. The van der Waals surface area contributed by atoms with Gasteiger partial charge in [-0.15, -0.1) is 0 Å². The maximum Gasteiger partial charge on any atom is 0.224 e. The van der Waals surface area contributed by atoms with Crippen molar-refractivity contribution in [2.24, 2.45) is 0 Å². The molecule has 0 radical (unpaired) electrons. The number of piperidine rings is 1. The van der Waals surface area contributed by atoms with Crippen LogP contribution in [0.4, 0.5) is 10.2 Å². The predicted molar refractivity (Wildman–Crippen MR) is 86.7 cm³/mol. The molecule has 0 aromatic carbocycles. The molecule has 22 heavy (non-hydrogen) atoms. The van der Waals surface area contributed by atoms with E-state index >= 15 is 0 Å². The number of hydrogen-bond acceptors (Lipinski definition) is 4. The maximum absolute atomic E-state index is 14.0. The molecule has 122 valence electrons. The molecule has 0 spiro atoms. The van der Waals surface area contributed by atoms with Gasteiger partial charge in [0, 0.05) is 16.6 Å². The lowest BCUT2D eigenvalue weighted by atomic mass is 9.69. The molecule has 3 rings (SSSR count). The Morgan fingerprint density at radius 1 is 1.27 bits per heavy atom. The van der Waals surface area contributed by atoms with Crippen LogP contribution >= 0.6 is 11.6 Å². The Bertz CT molecular complexity index is 594. The average molecular weight is 327 g/mol. The second-order valence-corrected chi connectivity index (χ2v) is 8.28. The minimum Gasteiger partial charge on any atom is -0.362 e. The quantitative estimate of drug-likeness (QED) is 0.838. The van der Waals surface area contributed by atoms with Crippen molar-refractivity contribution < 1.29 is 4.39 Å². The van der Waals surface area contributed by atoms with Gasteiger partial charge in [0.25, 0.3) is 0 Å². The molecule has 3 heterocycles. The zero-order valence-electron chi connectivity index (χ0n) is 13.7. The molecule has 0 bridgehead atoms. The molecule has 2 aliphatic heterocycles. The highest BCUT2D eigenvalue weighted by Gasteiger charge is 2.54. The molecule has 4 nitrogen and oxygen atoms in total. The first kappa shape index (κ1) is 15.9. The van der Waals surface area contributed by atoms with Crippen LogP contribution in [0.2, 0.25) is 5.28 Å². The third-order valence-electron chi connectivity index (χ3n) is 5.21. The first-order valence-corrected chi connectivity index (χ1v) is 8.25. The van der Waals surface area contributed by atoms with Crippen molar-refractivity contribution in [2.45, 2.75) is 70.0 Å². The Labute approximate surface area is 136 Å². The van der Waals surface area contributed by atoms with Crippen molar-refractivity contribution in [1.29, 1.82) is 0 Å². The lowest BCUT2D eigenvalue weighted by Crippen LogP contribution is -2.65. The van der Waals surface area contributed by atoms with Gasteiger partial charge in [0.05, 0.1) is 6.20 Å². The molecular weight excluding hydrogens is 303 g/mol. The predicted octanol–water partition coefficient (Wildman–Crippen LogP) is 3.87. The molecule has 0 saturated carbocycles. The molecule has 0 unspecified atom stereocenters. The monoisotopic (exact) mass is 326 g/mol. The number of anilines is 1. The number of rotatable bonds is 2. The highest BCUT2D eigenvalue weighted by molar-refractivity contribution is 6.28. The average Bonchev–Trinajstić information content (AvgIpc) is 2.74. The SMILES string of the molecule is CC1(C)C[C@@](C)(Nc2nc(Cl)ncc2F)C[C@@]2(C)CCCN12. The number of halogens is 2. The van der Waals surface area contributed by atoms with Crippen molar-refractivity contribution in [3.8, 4) is 0 Å². The fourth-order valence-corrected chi connectivity index (χ4v) is 5.13. The van der Waals surface area contributed by atoms with Crippen molar-refractivity contribution in [2.75, 3.05) is 11.9 Å². The highest BCUT2D eigenvalue weighted by atomic mass is 35.5. The van der Waals surface area contributed by atoms with E-state index in [1.165, 1.54) is 12.8 Å². The maximum atomic E-state index is 14.0. The van der Waals surface area contributed by atoms with Crippen LogP contribution in [-0.4, -0.2) is 38.0 Å². The summed E-state index contributed by atoms with van der Waals surface area (Å²) < 4.78 is 14.0. The summed E-state index contributed by atoms with van der Waals surface area (Å²) >= 11 is 5.82. The van der Waals surface area contributed by atoms with E-state index in [0.717, 1.165) is 25.6 Å². The first-order chi connectivity index (χ1) is 10.1. The lowest BCUT2D eigenvalue weighted by Gasteiger charge is -2.57. The third kappa shape index (κ3) is 2.69. The minimum atomic E-state index is -0.456. The fourth-order valence-electron chi connectivity index (χ4n) is 5.00. The second kappa shape index (κ2) is 5.03. The van der Waals surface area contributed by atoms with E-state index in [-0.39, 0.29) is 27.7 Å². The highest BCUT2D eigenvalue weighted by Crippen LogP contribution is 2.49. The summed E-state index contributed by atoms with van der Waals surface area (Å²) in [6.45, 7) is 10.2. The molecule has 2 saturated heterocycles. The van der Waals surface area contributed by atoms with Gasteiger partial charge in [-0.2, -0.15) is 4.98 Å². The molecule has 2 atom stereocenters. The Morgan fingerprint density at radius 2 is 2.00 bits per heavy atom. The zero-order chi connectivity index (χ0) is 16.2. The van der Waals surface area contributed by atoms with E-state index < -0.39 is 5.82 Å². The van der Waals surface area contributed by atoms with E-state index in [2.05, 4.69) is 47.9 Å². The molecule has 1 aromatic heterocycles. The third-order valence-corrected chi connectivity index (χ3v) is 5.39. The summed E-state index contributed by atoms with van der Waals surface area (Å²) in [7, 11) is 0. The van der Waals surface area contributed by atoms with Gasteiger partial charge in [0.2, 0.25) is 5.28 Å². The Morgan fingerprint density at radius 3 is 2.73 bits per heavy atom. The van der Waals surface area contributed by atoms with Crippen LogP contribution < -0.4 is 5.32 Å². The molecule has 2 fully saturated rings. The smallest absolute Gasteiger partial charge is 0.224 e. The molecule has 1 aromatic rings. The van der Waals surface area contributed by atoms with Gasteiger partial charge in [-0.1, -0.05) is 0 Å². The number of nitrogens with zero attached hydrogens (tertiary/aromatic N) is 3. The summed E-state index contributed by atoms with van der Waals surface area (Å²) in [5.74, 6) is -0.254. The van der Waals surface area contributed by atoms with E-state index in [1.54, 1.807) is 0 Å². The summed E-state index contributed by atoms with van der Waals surface area (Å²) in [5.41, 5.74) is -0.00698. The van der Waals surface area contributed by atoms with Gasteiger partial charge < -0.3 is 5.32 Å². The summed E-state index contributed by atoms with van der Waals surface area (Å²) in [6, 6.07) is 0. The zero-order valence-corrected chi connectivity index (χ0v) is 14.5. The van der Waals surface area contributed by atoms with Gasteiger partial charge in [0.1, 0.15) is 0 Å². The van der Waals surface area contributed by atoms with Gasteiger partial charge in [-0.3, -0.25) is 4.90 Å². The molecule has 0 aliphatic carbocycles. The van der Waals surface area contributed by atoms with Crippen LogP contribution in [0.3, 0.4) is 0 Å². The Hall–Kier alpha value is -0.940. The Kier molecular flexibility index (Phi) is 3.64. The molecule has 2 aliphatic rings. The van der Waals surface area contributed by atoms with E-state index in [0.29, 0.717) is 0 Å². The molecule has 0 amide bonds. The summed E-state index contributed by atoms with van der Waals surface area (Å²) in [4.78, 5) is 10.3. The number of fused-ring (bicyclic) bond motifs is 1. The van der Waals surface area contributed by atoms with Gasteiger partial charge in [-0.25, -0.2) is 9.37 Å². The van der Waals surface area contributed by atoms with Gasteiger partial charge >= 0.3 is 0 Å². The topological polar surface area (TPSA) is 41.1 Å². The first-order valence-electron chi connectivity index (χ1n) is 7.88. The molecule has 1 N–H and O–H groups in total. The Balaban J connectivity index is 1.91. The van der Waals surface area contributed by atoms with Crippen LogP contribution in [-0.2, 0) is 0 Å². The number of aromatic nitrogens is 2. The van der Waals surface area contributed by atoms with Crippen LogP contribution in [0.1, 0.15) is 53.4 Å². The van der Waals surface area contributed by atoms with E-state index in [4.69, 9.17) is 11.6 Å². The summed E-state index contributed by atoms with van der Waals surface area (Å²) in [5, 5.41) is 3.39. The standard InChI is InChI=1S/C16H24ClFN4/c1-14(2)9-15(3,10-16(4)6-5-7-22(14)16)21-12-11(18)8-19-13(17)20-12/h8H,5-7,9-10H2,1-4H3,(H,19,20,21)/t15-,16-/m1/s1. The number of nitrogens with one attached hydrogen (secondary N) is 1. The number of hydrogen-bond donors (Lipinski definition) is 1. The van der Waals surface area contributed by atoms with Crippen molar-refractivity contribution >= 4 is 17.4 Å². The van der Waals surface area contributed by atoms with Gasteiger partial charge in [0.15, 0.2) is 11.6 Å². The lowest BCUT2D eigenvalue weighted by molar-refractivity contribution is -0.0306. The fraction of sp³-hybridized carbons (Fsp3) is 0.750. The van der Waals surface area contributed by atoms with Crippen LogP contribution in [0, 0.1) is 5.82 Å². The molecular formula is C16H24ClFN4. The van der Waals surface area contributed by atoms with Crippen molar-refractivity contribution in [1.82, 2.24) is 14.9 Å². The normalized spacial score (nSPS) is 34.5. The van der Waals surface area contributed by atoms with E-state index in [9.17, 15) is 4.39 Å². The van der Waals surface area contributed by atoms with Gasteiger partial charge in [-0.05, 0) is 71.5 Å².